The van der Waals surface area contributed by atoms with Crippen molar-refractivity contribution in [2.24, 2.45) is 0 Å². The number of nitrogens with zero attached hydrogens (tertiary/aromatic N) is 3. The van der Waals surface area contributed by atoms with Crippen LogP contribution in [0.1, 0.15) is 28.3 Å². The number of aliphatic hydroxyl groups excluding tert-OH is 1. The summed E-state index contributed by atoms with van der Waals surface area (Å²) in [5, 5.41) is 20.2. The van der Waals surface area contributed by atoms with Crippen LogP contribution in [0.5, 0.6) is 0 Å². The van der Waals surface area contributed by atoms with Crippen LogP contribution in [0.2, 0.25) is 5.02 Å². The number of hydrogen-bond donors (Lipinski definition) is 1. The molecule has 1 aliphatic rings. The summed E-state index contributed by atoms with van der Waals surface area (Å²) in [5.41, 5.74) is 2.45. The maximum absolute atomic E-state index is 14.0. The van der Waals surface area contributed by atoms with Crippen LogP contribution < -0.4 is 4.90 Å². The van der Waals surface area contributed by atoms with Gasteiger partial charge in [0.15, 0.2) is 4.34 Å². The normalized spacial score (nSPS) is 16.9. The Bertz CT molecular complexity index is 1520. The van der Waals surface area contributed by atoms with E-state index in [0.717, 1.165) is 16.9 Å². The molecule has 2 heterocycles. The van der Waals surface area contributed by atoms with E-state index in [1.807, 2.05) is 19.1 Å². The van der Waals surface area contributed by atoms with E-state index < -0.39 is 17.7 Å². The highest BCUT2D eigenvalue weighted by atomic mass is 35.5. The number of carbonyl (C=O) groups excluding carboxylic acids is 2. The van der Waals surface area contributed by atoms with Gasteiger partial charge in [-0.1, -0.05) is 94.9 Å². The van der Waals surface area contributed by atoms with Gasteiger partial charge in [0.05, 0.1) is 11.6 Å². The standard InChI is InChI=1S/C27H19ClFN3O3S2/c1-15-6-8-17(9-7-15)23(33)21-22(16-10-12-19(28)13-11-16)32(25(35)24(21)34)26-30-31-27(37-26)36-14-18-4-2-3-5-20(18)29/h2-13,22,33H,14H2,1H3/b23-21-. The Morgan fingerprint density at radius 2 is 1.76 bits per heavy atom. The lowest BCUT2D eigenvalue weighted by Crippen LogP contribution is -2.29. The molecule has 37 heavy (non-hydrogen) atoms. The quantitative estimate of drug-likeness (QED) is 0.0960. The number of amides is 1. The summed E-state index contributed by atoms with van der Waals surface area (Å²) in [6, 6.07) is 19.2. The number of hydrogen-bond acceptors (Lipinski definition) is 7. The van der Waals surface area contributed by atoms with Crippen molar-refractivity contribution < 1.29 is 19.1 Å². The van der Waals surface area contributed by atoms with Crippen molar-refractivity contribution in [3.05, 3.63) is 111 Å². The van der Waals surface area contributed by atoms with Gasteiger partial charge in [-0.2, -0.15) is 0 Å². The zero-order chi connectivity index (χ0) is 26.1. The number of aliphatic hydroxyl groups is 1. The molecule has 1 aliphatic heterocycles. The highest BCUT2D eigenvalue weighted by molar-refractivity contribution is 8.00. The maximum Gasteiger partial charge on any atom is 0.301 e. The Labute approximate surface area is 225 Å². The Balaban J connectivity index is 1.54. The Hall–Kier alpha value is -3.53. The molecule has 0 saturated carbocycles. The first-order valence-electron chi connectivity index (χ1n) is 11.2. The number of carbonyl (C=O) groups is 2. The number of rotatable bonds is 6. The second-order valence-electron chi connectivity index (χ2n) is 8.32. The smallest absolute Gasteiger partial charge is 0.301 e. The third kappa shape index (κ3) is 5.02. The number of anilines is 1. The lowest BCUT2D eigenvalue weighted by Gasteiger charge is -2.22. The molecule has 186 valence electrons. The first-order chi connectivity index (χ1) is 17.8. The molecular weight excluding hydrogens is 533 g/mol. The number of ketones is 1. The van der Waals surface area contributed by atoms with E-state index in [2.05, 4.69) is 10.2 Å². The fourth-order valence-electron chi connectivity index (χ4n) is 3.97. The highest BCUT2D eigenvalue weighted by Gasteiger charge is 2.48. The van der Waals surface area contributed by atoms with Gasteiger partial charge in [0.2, 0.25) is 5.13 Å². The van der Waals surface area contributed by atoms with Crippen molar-refractivity contribution in [1.82, 2.24) is 10.2 Å². The van der Waals surface area contributed by atoms with Gasteiger partial charge in [-0.05, 0) is 36.2 Å². The van der Waals surface area contributed by atoms with E-state index in [4.69, 9.17) is 11.6 Å². The van der Waals surface area contributed by atoms with Gasteiger partial charge in [-0.3, -0.25) is 14.5 Å². The first kappa shape index (κ1) is 25.1. The topological polar surface area (TPSA) is 83.4 Å². The molecule has 1 N–H and O–H groups in total. The van der Waals surface area contributed by atoms with Crippen LogP contribution in [-0.2, 0) is 15.3 Å². The van der Waals surface area contributed by atoms with Crippen molar-refractivity contribution >= 4 is 57.3 Å². The van der Waals surface area contributed by atoms with Crippen LogP contribution in [0.3, 0.4) is 0 Å². The van der Waals surface area contributed by atoms with Gasteiger partial charge in [0, 0.05) is 16.3 Å². The second kappa shape index (κ2) is 10.5. The van der Waals surface area contributed by atoms with E-state index >= 15 is 0 Å². The molecule has 1 saturated heterocycles. The fourth-order valence-corrected chi connectivity index (χ4v) is 5.95. The molecule has 0 spiro atoms. The van der Waals surface area contributed by atoms with Crippen LogP contribution in [0, 0.1) is 12.7 Å². The lowest BCUT2D eigenvalue weighted by atomic mass is 9.95. The molecular formula is C27H19ClFN3O3S2. The molecule has 1 unspecified atom stereocenters. The summed E-state index contributed by atoms with van der Waals surface area (Å²) in [7, 11) is 0. The summed E-state index contributed by atoms with van der Waals surface area (Å²) in [6.45, 7) is 1.91. The molecule has 4 aromatic rings. The molecule has 0 radical (unpaired) electrons. The fraction of sp³-hybridized carbons (Fsp3) is 0.111. The number of aromatic nitrogens is 2. The Kier molecular flexibility index (Phi) is 7.10. The lowest BCUT2D eigenvalue weighted by molar-refractivity contribution is -0.132. The van der Waals surface area contributed by atoms with Crippen molar-refractivity contribution in [2.45, 2.75) is 23.1 Å². The van der Waals surface area contributed by atoms with E-state index in [9.17, 15) is 19.1 Å². The van der Waals surface area contributed by atoms with Crippen molar-refractivity contribution in [2.75, 3.05) is 4.90 Å². The molecule has 0 bridgehead atoms. The molecule has 1 amide bonds. The van der Waals surface area contributed by atoms with Gasteiger partial charge in [-0.25, -0.2) is 4.39 Å². The number of aryl methyl sites for hydroxylation is 1. The molecule has 3 aromatic carbocycles. The van der Waals surface area contributed by atoms with Gasteiger partial charge in [-0.15, -0.1) is 10.2 Å². The van der Waals surface area contributed by atoms with Gasteiger partial charge >= 0.3 is 5.91 Å². The largest absolute Gasteiger partial charge is 0.507 e. The number of Topliss-reactive ketones (excluding diaryl/α,β-unsaturated/α-hetero) is 1. The van der Waals surface area contributed by atoms with E-state index in [-0.39, 0.29) is 22.3 Å². The van der Waals surface area contributed by atoms with E-state index in [0.29, 0.717) is 31.8 Å². The molecule has 1 fully saturated rings. The van der Waals surface area contributed by atoms with Crippen LogP contribution >= 0.6 is 34.7 Å². The van der Waals surface area contributed by atoms with E-state index in [1.54, 1.807) is 54.6 Å². The summed E-state index contributed by atoms with van der Waals surface area (Å²) in [4.78, 5) is 27.8. The second-order valence-corrected chi connectivity index (χ2v) is 10.9. The maximum atomic E-state index is 14.0. The van der Waals surface area contributed by atoms with Crippen LogP contribution in [0.25, 0.3) is 5.76 Å². The van der Waals surface area contributed by atoms with Gasteiger partial charge in [0.1, 0.15) is 11.6 Å². The van der Waals surface area contributed by atoms with Crippen LogP contribution in [0.4, 0.5) is 9.52 Å². The highest BCUT2D eigenvalue weighted by Crippen LogP contribution is 2.44. The SMILES string of the molecule is Cc1ccc(/C(O)=C2/C(=O)C(=O)N(c3nnc(SCc4ccccc4F)s3)C2c2ccc(Cl)cc2)cc1. The van der Waals surface area contributed by atoms with Crippen molar-refractivity contribution in [3.8, 4) is 0 Å². The van der Waals surface area contributed by atoms with Crippen molar-refractivity contribution in [1.29, 1.82) is 0 Å². The minimum Gasteiger partial charge on any atom is -0.507 e. The minimum absolute atomic E-state index is 0.0491. The molecule has 10 heteroatoms. The van der Waals surface area contributed by atoms with Crippen molar-refractivity contribution in [3.63, 3.8) is 0 Å². The predicted molar refractivity (Wildman–Crippen MR) is 143 cm³/mol. The molecule has 6 nitrogen and oxygen atoms in total. The minimum atomic E-state index is -0.934. The first-order valence-corrected chi connectivity index (χ1v) is 13.3. The summed E-state index contributed by atoms with van der Waals surface area (Å²) >= 11 is 8.47. The number of benzene rings is 3. The average molecular weight is 552 g/mol. The predicted octanol–water partition coefficient (Wildman–Crippen LogP) is 6.56. The zero-order valence-electron chi connectivity index (χ0n) is 19.4. The van der Waals surface area contributed by atoms with E-state index in [1.165, 1.54) is 22.7 Å². The summed E-state index contributed by atoms with van der Waals surface area (Å²) in [6.07, 6.45) is 0. The number of halogens is 2. The third-order valence-electron chi connectivity index (χ3n) is 5.87. The van der Waals surface area contributed by atoms with Gasteiger partial charge < -0.3 is 5.11 Å². The van der Waals surface area contributed by atoms with Crippen LogP contribution in [0.15, 0.2) is 82.7 Å². The van der Waals surface area contributed by atoms with Gasteiger partial charge in [0.25, 0.3) is 5.78 Å². The molecule has 1 atom stereocenters. The zero-order valence-corrected chi connectivity index (χ0v) is 21.8. The number of thioether (sulfide) groups is 1. The monoisotopic (exact) mass is 551 g/mol. The Morgan fingerprint density at radius 1 is 1.05 bits per heavy atom. The molecule has 5 rings (SSSR count). The molecule has 1 aromatic heterocycles. The average Bonchev–Trinajstić information content (AvgIpc) is 3.46. The van der Waals surface area contributed by atoms with Crippen LogP contribution in [-0.4, -0.2) is 27.0 Å². The Morgan fingerprint density at radius 3 is 2.46 bits per heavy atom. The third-order valence-corrected chi connectivity index (χ3v) is 8.22. The summed E-state index contributed by atoms with van der Waals surface area (Å²) in [5.74, 6) is -1.92. The molecule has 0 aliphatic carbocycles. The summed E-state index contributed by atoms with van der Waals surface area (Å²) < 4.78 is 14.5.